The first-order valence-corrected chi connectivity index (χ1v) is 9.86. The van der Waals surface area contributed by atoms with Crippen molar-refractivity contribution in [1.82, 2.24) is 9.88 Å². The average Bonchev–Trinajstić information content (AvgIpc) is 2.77. The summed E-state index contributed by atoms with van der Waals surface area (Å²) in [4.78, 5) is 18.9. The van der Waals surface area contributed by atoms with Crippen molar-refractivity contribution in [2.75, 3.05) is 25.5 Å². The van der Waals surface area contributed by atoms with Crippen molar-refractivity contribution in [3.8, 4) is 5.75 Å². The van der Waals surface area contributed by atoms with Crippen LogP contribution in [0.25, 0.3) is 11.6 Å². The number of amides is 1. The Bertz CT molecular complexity index is 1010. The van der Waals surface area contributed by atoms with Gasteiger partial charge in [-0.3, -0.25) is 4.79 Å². The zero-order valence-corrected chi connectivity index (χ0v) is 16.6. The Hall–Kier alpha value is -3.34. The number of carbonyl (C=O) groups is 1. The van der Waals surface area contributed by atoms with Crippen molar-refractivity contribution < 1.29 is 9.53 Å². The molecule has 0 radical (unpaired) electrons. The van der Waals surface area contributed by atoms with E-state index in [1.54, 1.807) is 19.4 Å². The van der Waals surface area contributed by atoms with Crippen LogP contribution >= 0.6 is 0 Å². The molecular weight excluding hydrogens is 362 g/mol. The van der Waals surface area contributed by atoms with E-state index in [4.69, 9.17) is 4.74 Å². The van der Waals surface area contributed by atoms with Crippen molar-refractivity contribution in [2.45, 2.75) is 19.3 Å². The second kappa shape index (κ2) is 8.35. The van der Waals surface area contributed by atoms with Gasteiger partial charge in [0.1, 0.15) is 11.6 Å². The molecule has 148 valence electrons. The summed E-state index contributed by atoms with van der Waals surface area (Å²) in [6.07, 6.45) is 10.1. The topological polar surface area (TPSA) is 54.5 Å². The minimum Gasteiger partial charge on any atom is -0.497 e. The number of hydrogen-bond acceptors (Lipinski definition) is 4. The smallest absolute Gasteiger partial charge is 0.246 e. The lowest BCUT2D eigenvalue weighted by molar-refractivity contribution is -0.125. The molecule has 0 saturated heterocycles. The number of carbonyl (C=O) groups excluding carboxylic acids is 1. The van der Waals surface area contributed by atoms with Gasteiger partial charge < -0.3 is 15.0 Å². The molecule has 0 unspecified atom stereocenters. The number of anilines is 1. The summed E-state index contributed by atoms with van der Waals surface area (Å²) >= 11 is 0. The van der Waals surface area contributed by atoms with E-state index in [0.717, 1.165) is 53.2 Å². The molecule has 0 fully saturated rings. The van der Waals surface area contributed by atoms with Crippen LogP contribution in [0.1, 0.15) is 29.5 Å². The number of nitrogens with zero attached hydrogens (tertiary/aromatic N) is 2. The van der Waals surface area contributed by atoms with Gasteiger partial charge in [-0.1, -0.05) is 24.8 Å². The SMILES string of the molecule is C=C1CCc2cc(/C=C/C(=O)N3CC=C(c4cccc(OC)c4)CC3)cnc2N1. The molecule has 2 aliphatic rings. The number of allylic oxidation sites excluding steroid dienone is 1. The molecule has 2 aliphatic heterocycles. The van der Waals surface area contributed by atoms with Gasteiger partial charge in [0.05, 0.1) is 7.11 Å². The van der Waals surface area contributed by atoms with Crippen molar-refractivity contribution >= 4 is 23.4 Å². The van der Waals surface area contributed by atoms with Crippen LogP contribution in [0.2, 0.25) is 0 Å². The zero-order valence-electron chi connectivity index (χ0n) is 16.6. The molecule has 3 heterocycles. The van der Waals surface area contributed by atoms with Gasteiger partial charge in [0.25, 0.3) is 0 Å². The van der Waals surface area contributed by atoms with Gasteiger partial charge in [0.2, 0.25) is 5.91 Å². The molecule has 29 heavy (non-hydrogen) atoms. The maximum Gasteiger partial charge on any atom is 0.246 e. The van der Waals surface area contributed by atoms with Crippen LogP contribution in [0.5, 0.6) is 5.75 Å². The summed E-state index contributed by atoms with van der Waals surface area (Å²) in [6.45, 7) is 5.28. The number of benzene rings is 1. The third-order valence-corrected chi connectivity index (χ3v) is 5.36. The lowest BCUT2D eigenvalue weighted by atomic mass is 9.99. The Balaban J connectivity index is 1.39. The highest BCUT2D eigenvalue weighted by molar-refractivity contribution is 5.92. The van der Waals surface area contributed by atoms with Crippen LogP contribution in [-0.2, 0) is 11.2 Å². The minimum atomic E-state index is 0.0233. The predicted molar refractivity (Wildman–Crippen MR) is 117 cm³/mol. The molecule has 0 bridgehead atoms. The normalized spacial score (nSPS) is 16.2. The number of methoxy groups -OCH3 is 1. The summed E-state index contributed by atoms with van der Waals surface area (Å²) in [5.41, 5.74) is 5.51. The third-order valence-electron chi connectivity index (χ3n) is 5.36. The van der Waals surface area contributed by atoms with E-state index in [1.165, 1.54) is 5.57 Å². The predicted octanol–water partition coefficient (Wildman–Crippen LogP) is 4.29. The van der Waals surface area contributed by atoms with Gasteiger partial charge >= 0.3 is 0 Å². The monoisotopic (exact) mass is 387 g/mol. The highest BCUT2D eigenvalue weighted by Gasteiger charge is 2.17. The first-order valence-electron chi connectivity index (χ1n) is 9.86. The largest absolute Gasteiger partial charge is 0.497 e. The maximum absolute atomic E-state index is 12.6. The van der Waals surface area contributed by atoms with E-state index in [-0.39, 0.29) is 5.91 Å². The molecular formula is C24H25N3O2. The minimum absolute atomic E-state index is 0.0233. The fourth-order valence-corrected chi connectivity index (χ4v) is 3.67. The first kappa shape index (κ1) is 19.0. The van der Waals surface area contributed by atoms with Crippen molar-refractivity contribution in [3.63, 3.8) is 0 Å². The molecule has 0 saturated carbocycles. The molecule has 0 atom stereocenters. The van der Waals surface area contributed by atoms with Gasteiger partial charge in [-0.2, -0.15) is 0 Å². The van der Waals surface area contributed by atoms with Crippen molar-refractivity contribution in [3.05, 3.63) is 77.6 Å². The standard InChI is InChI=1S/C24H25N3O2/c1-17-6-8-21-14-18(16-25-24(21)26-17)7-9-23(28)27-12-10-19(11-13-27)20-4-3-5-22(15-20)29-2/h3-5,7,9-10,14-16H,1,6,8,11-13H2,2H3,(H,25,26)/b9-7+. The van der Waals surface area contributed by atoms with Crippen LogP contribution in [-0.4, -0.2) is 36.0 Å². The number of aryl methyl sites for hydroxylation is 1. The quantitative estimate of drug-likeness (QED) is 0.795. The molecule has 2 aromatic rings. The molecule has 0 spiro atoms. The van der Waals surface area contributed by atoms with Gasteiger partial charge in [0, 0.05) is 31.1 Å². The highest BCUT2D eigenvalue weighted by atomic mass is 16.5. The van der Waals surface area contributed by atoms with Crippen LogP contribution < -0.4 is 10.1 Å². The summed E-state index contributed by atoms with van der Waals surface area (Å²) in [7, 11) is 1.67. The van der Waals surface area contributed by atoms with Gasteiger partial charge in [-0.25, -0.2) is 4.98 Å². The summed E-state index contributed by atoms with van der Waals surface area (Å²) in [6, 6.07) is 10.1. The molecule has 1 amide bonds. The van der Waals surface area contributed by atoms with Crippen LogP contribution in [0, 0.1) is 0 Å². The molecule has 1 aromatic carbocycles. The lowest BCUT2D eigenvalue weighted by Gasteiger charge is -2.25. The number of ether oxygens (including phenoxy) is 1. The second-order valence-electron chi connectivity index (χ2n) is 7.33. The highest BCUT2D eigenvalue weighted by Crippen LogP contribution is 2.26. The van der Waals surface area contributed by atoms with E-state index in [1.807, 2.05) is 29.2 Å². The Morgan fingerprint density at radius 3 is 2.97 bits per heavy atom. The number of nitrogens with one attached hydrogen (secondary N) is 1. The average molecular weight is 387 g/mol. The number of fused-ring (bicyclic) bond motifs is 1. The van der Waals surface area contributed by atoms with Gasteiger partial charge in [-0.05, 0) is 65.8 Å². The number of rotatable bonds is 4. The van der Waals surface area contributed by atoms with Crippen molar-refractivity contribution in [2.24, 2.45) is 0 Å². The Morgan fingerprint density at radius 1 is 1.28 bits per heavy atom. The van der Waals surface area contributed by atoms with E-state index in [9.17, 15) is 4.79 Å². The Kier molecular flexibility index (Phi) is 5.47. The summed E-state index contributed by atoms with van der Waals surface area (Å²) in [5.74, 6) is 1.74. The summed E-state index contributed by atoms with van der Waals surface area (Å²) in [5, 5.41) is 3.21. The van der Waals surface area contributed by atoms with E-state index < -0.39 is 0 Å². The number of aromatic nitrogens is 1. The Morgan fingerprint density at radius 2 is 2.17 bits per heavy atom. The molecule has 1 N–H and O–H groups in total. The first-order chi connectivity index (χ1) is 14.1. The number of hydrogen-bond donors (Lipinski definition) is 1. The van der Waals surface area contributed by atoms with Crippen LogP contribution in [0.4, 0.5) is 5.82 Å². The van der Waals surface area contributed by atoms with Crippen LogP contribution in [0.3, 0.4) is 0 Å². The van der Waals surface area contributed by atoms with Crippen LogP contribution in [0.15, 0.2) is 61.0 Å². The van der Waals surface area contributed by atoms with Gasteiger partial charge in [-0.15, -0.1) is 0 Å². The van der Waals surface area contributed by atoms with E-state index in [2.05, 4.69) is 35.1 Å². The van der Waals surface area contributed by atoms with Crippen molar-refractivity contribution in [1.29, 1.82) is 0 Å². The Labute approximate surface area is 171 Å². The van der Waals surface area contributed by atoms with Gasteiger partial charge in [0.15, 0.2) is 0 Å². The third kappa shape index (κ3) is 4.40. The maximum atomic E-state index is 12.6. The fourth-order valence-electron chi connectivity index (χ4n) is 3.67. The number of pyridine rings is 1. The molecule has 1 aromatic heterocycles. The molecule has 0 aliphatic carbocycles. The van der Waals surface area contributed by atoms with E-state index >= 15 is 0 Å². The molecule has 5 nitrogen and oxygen atoms in total. The molecule has 4 rings (SSSR count). The zero-order chi connectivity index (χ0) is 20.2. The molecule has 5 heteroatoms. The fraction of sp³-hybridized carbons (Fsp3) is 0.250. The van der Waals surface area contributed by atoms with E-state index in [0.29, 0.717) is 13.1 Å². The lowest BCUT2D eigenvalue weighted by Crippen LogP contribution is -2.33. The summed E-state index contributed by atoms with van der Waals surface area (Å²) < 4.78 is 5.30. The second-order valence-corrected chi connectivity index (χ2v) is 7.33.